The maximum Gasteiger partial charge on any atom is 0.241 e. The minimum atomic E-state index is 0.563. The lowest BCUT2D eigenvalue weighted by molar-refractivity contribution is 0.425. The maximum atomic E-state index is 5.94. The molecule has 0 spiro atoms. The molecule has 5 nitrogen and oxygen atoms in total. The van der Waals surface area contributed by atoms with E-state index in [9.17, 15) is 0 Å². The van der Waals surface area contributed by atoms with Crippen LogP contribution in [0.2, 0.25) is 0 Å². The summed E-state index contributed by atoms with van der Waals surface area (Å²) < 4.78 is 7.49. The Labute approximate surface area is 107 Å². The van der Waals surface area contributed by atoms with Crippen molar-refractivity contribution in [3.63, 3.8) is 0 Å². The Hall–Kier alpha value is -2.04. The molecule has 2 rings (SSSR count). The van der Waals surface area contributed by atoms with Gasteiger partial charge in [0.1, 0.15) is 5.69 Å². The first-order chi connectivity index (χ1) is 8.52. The molecular weight excluding hydrogens is 228 g/mol. The second-order valence-corrected chi connectivity index (χ2v) is 4.28. The van der Waals surface area contributed by atoms with E-state index < -0.39 is 0 Å². The molecule has 0 aliphatic rings. The highest BCUT2D eigenvalue weighted by Crippen LogP contribution is 2.30. The van der Waals surface area contributed by atoms with E-state index in [-0.39, 0.29) is 0 Å². The van der Waals surface area contributed by atoms with Crippen LogP contribution in [0.4, 0.5) is 5.69 Å². The molecule has 0 aliphatic heterocycles. The number of nitrogen functional groups attached to an aromatic ring is 1. The predicted molar refractivity (Wildman–Crippen MR) is 70.8 cm³/mol. The van der Waals surface area contributed by atoms with Crippen LogP contribution >= 0.6 is 0 Å². The van der Waals surface area contributed by atoms with E-state index in [1.165, 1.54) is 0 Å². The van der Waals surface area contributed by atoms with Gasteiger partial charge in [0, 0.05) is 12.7 Å². The second-order valence-electron chi connectivity index (χ2n) is 4.28. The third-order valence-corrected chi connectivity index (χ3v) is 2.83. The van der Waals surface area contributed by atoms with Crippen LogP contribution in [0.15, 0.2) is 12.1 Å². The highest BCUT2D eigenvalue weighted by Gasteiger charge is 2.14. The molecule has 96 valence electrons. The number of pyridine rings is 1. The first kappa shape index (κ1) is 12.4. The minimum absolute atomic E-state index is 0.563. The number of anilines is 1. The molecule has 2 heterocycles. The first-order valence-corrected chi connectivity index (χ1v) is 5.96. The molecule has 0 aromatic carbocycles. The average molecular weight is 246 g/mol. The number of nitrogens with two attached hydrogens (primary N) is 1. The Kier molecular flexibility index (Phi) is 3.23. The molecule has 0 saturated heterocycles. The minimum Gasteiger partial charge on any atom is -0.435 e. The van der Waals surface area contributed by atoms with Crippen molar-refractivity contribution in [2.24, 2.45) is 7.05 Å². The van der Waals surface area contributed by atoms with Gasteiger partial charge in [-0.2, -0.15) is 5.10 Å². The molecule has 0 saturated carbocycles. The molecule has 18 heavy (non-hydrogen) atoms. The van der Waals surface area contributed by atoms with Crippen molar-refractivity contribution in [1.29, 1.82) is 0 Å². The van der Waals surface area contributed by atoms with Crippen molar-refractivity contribution in [1.82, 2.24) is 14.8 Å². The summed E-state index contributed by atoms with van der Waals surface area (Å²) in [6, 6.07) is 3.84. The zero-order chi connectivity index (χ0) is 13.3. The molecule has 2 N–H and O–H groups in total. The molecule has 0 aliphatic carbocycles. The number of aromatic nitrogens is 3. The van der Waals surface area contributed by atoms with E-state index in [4.69, 9.17) is 10.5 Å². The molecule has 0 atom stereocenters. The van der Waals surface area contributed by atoms with Crippen LogP contribution in [-0.2, 0) is 13.5 Å². The van der Waals surface area contributed by atoms with E-state index in [1.807, 2.05) is 40.0 Å². The Morgan fingerprint density at radius 3 is 2.61 bits per heavy atom. The van der Waals surface area contributed by atoms with Crippen molar-refractivity contribution >= 4 is 5.69 Å². The summed E-state index contributed by atoms with van der Waals surface area (Å²) in [5, 5.41) is 4.23. The van der Waals surface area contributed by atoms with Crippen LogP contribution in [0, 0.1) is 13.8 Å². The smallest absolute Gasteiger partial charge is 0.241 e. The SMILES string of the molecule is CCc1nc(C)ccc1Oc1c(N)c(C)nn1C. The van der Waals surface area contributed by atoms with E-state index in [1.54, 1.807) is 4.68 Å². The van der Waals surface area contributed by atoms with Gasteiger partial charge in [-0.3, -0.25) is 4.98 Å². The van der Waals surface area contributed by atoms with E-state index >= 15 is 0 Å². The number of aryl methyl sites for hydroxylation is 4. The van der Waals surface area contributed by atoms with E-state index in [2.05, 4.69) is 10.1 Å². The predicted octanol–water partition coefficient (Wildman–Crippen LogP) is 2.37. The highest BCUT2D eigenvalue weighted by molar-refractivity contribution is 5.54. The topological polar surface area (TPSA) is 66.0 Å². The summed E-state index contributed by atoms with van der Waals surface area (Å²) in [6.07, 6.45) is 0.813. The van der Waals surface area contributed by atoms with E-state index in [0.717, 1.165) is 29.3 Å². The lowest BCUT2D eigenvalue weighted by Crippen LogP contribution is -2.01. The molecule has 0 fully saturated rings. The van der Waals surface area contributed by atoms with Crippen LogP contribution in [-0.4, -0.2) is 14.8 Å². The summed E-state index contributed by atoms with van der Waals surface area (Å²) in [7, 11) is 1.81. The standard InChI is InChI=1S/C13H18N4O/c1-5-10-11(7-6-8(2)15-10)18-13-12(14)9(3)16-17(13)4/h6-7H,5,14H2,1-4H3. The summed E-state index contributed by atoms with van der Waals surface area (Å²) in [5.41, 5.74) is 9.19. The summed E-state index contributed by atoms with van der Waals surface area (Å²) >= 11 is 0. The number of hydrogen-bond donors (Lipinski definition) is 1. The Morgan fingerprint density at radius 1 is 1.33 bits per heavy atom. The van der Waals surface area contributed by atoms with Gasteiger partial charge in [0.25, 0.3) is 0 Å². The average Bonchev–Trinajstić information content (AvgIpc) is 2.58. The highest BCUT2D eigenvalue weighted by atomic mass is 16.5. The lowest BCUT2D eigenvalue weighted by Gasteiger charge is -2.10. The Bertz CT molecular complexity index is 575. The zero-order valence-electron chi connectivity index (χ0n) is 11.2. The van der Waals surface area contributed by atoms with Crippen molar-refractivity contribution in [3.8, 4) is 11.6 Å². The van der Waals surface area contributed by atoms with Gasteiger partial charge < -0.3 is 10.5 Å². The van der Waals surface area contributed by atoms with Gasteiger partial charge in [-0.1, -0.05) is 6.92 Å². The van der Waals surface area contributed by atoms with Crippen LogP contribution in [0.3, 0.4) is 0 Å². The molecule has 0 radical (unpaired) electrons. The third kappa shape index (κ3) is 2.16. The molecule has 2 aromatic rings. The summed E-state index contributed by atoms with van der Waals surface area (Å²) in [5.74, 6) is 1.30. The second kappa shape index (κ2) is 4.68. The van der Waals surface area contributed by atoms with Crippen LogP contribution in [0.25, 0.3) is 0 Å². The fourth-order valence-electron chi connectivity index (χ4n) is 1.82. The Morgan fingerprint density at radius 2 is 2.06 bits per heavy atom. The van der Waals surface area contributed by atoms with Gasteiger partial charge in [0.2, 0.25) is 5.88 Å². The quantitative estimate of drug-likeness (QED) is 0.902. The van der Waals surface area contributed by atoms with Gasteiger partial charge in [0.05, 0.1) is 11.4 Å². The Balaban J connectivity index is 2.39. The molecular formula is C13H18N4O. The molecule has 0 unspecified atom stereocenters. The van der Waals surface area contributed by atoms with Crippen LogP contribution in [0.5, 0.6) is 11.6 Å². The van der Waals surface area contributed by atoms with E-state index in [0.29, 0.717) is 11.6 Å². The van der Waals surface area contributed by atoms with Gasteiger partial charge in [0.15, 0.2) is 5.75 Å². The molecule has 0 amide bonds. The van der Waals surface area contributed by atoms with Crippen molar-refractivity contribution < 1.29 is 4.74 Å². The fraction of sp³-hybridized carbons (Fsp3) is 0.385. The number of rotatable bonds is 3. The number of nitrogens with zero attached hydrogens (tertiary/aromatic N) is 3. The molecule has 0 bridgehead atoms. The maximum absolute atomic E-state index is 5.94. The van der Waals surface area contributed by atoms with Gasteiger partial charge in [-0.05, 0) is 32.4 Å². The van der Waals surface area contributed by atoms with Gasteiger partial charge in [-0.15, -0.1) is 0 Å². The molecule has 5 heteroatoms. The summed E-state index contributed by atoms with van der Waals surface area (Å²) in [4.78, 5) is 4.46. The summed E-state index contributed by atoms with van der Waals surface area (Å²) in [6.45, 7) is 5.87. The number of ether oxygens (including phenoxy) is 1. The largest absolute Gasteiger partial charge is 0.435 e. The van der Waals surface area contributed by atoms with Crippen LogP contribution < -0.4 is 10.5 Å². The third-order valence-electron chi connectivity index (χ3n) is 2.83. The zero-order valence-corrected chi connectivity index (χ0v) is 11.2. The normalized spacial score (nSPS) is 10.7. The first-order valence-electron chi connectivity index (χ1n) is 5.96. The lowest BCUT2D eigenvalue weighted by atomic mass is 10.2. The van der Waals surface area contributed by atoms with Crippen LogP contribution in [0.1, 0.15) is 24.0 Å². The monoisotopic (exact) mass is 246 g/mol. The van der Waals surface area contributed by atoms with Crippen molar-refractivity contribution in [2.75, 3.05) is 5.73 Å². The van der Waals surface area contributed by atoms with Gasteiger partial charge in [-0.25, -0.2) is 4.68 Å². The van der Waals surface area contributed by atoms with Gasteiger partial charge >= 0.3 is 0 Å². The number of hydrogen-bond acceptors (Lipinski definition) is 4. The molecule has 2 aromatic heterocycles. The fourth-order valence-corrected chi connectivity index (χ4v) is 1.82. The van der Waals surface area contributed by atoms with Crippen molar-refractivity contribution in [2.45, 2.75) is 27.2 Å². The van der Waals surface area contributed by atoms with Crippen molar-refractivity contribution in [3.05, 3.63) is 29.2 Å².